The van der Waals surface area contributed by atoms with E-state index in [1.54, 1.807) is 6.20 Å². The first-order valence-electron chi connectivity index (χ1n) is 5.28. The highest BCUT2D eigenvalue weighted by atomic mass is 15.1. The van der Waals surface area contributed by atoms with E-state index >= 15 is 0 Å². The van der Waals surface area contributed by atoms with Gasteiger partial charge in [0.15, 0.2) is 0 Å². The van der Waals surface area contributed by atoms with Crippen LogP contribution in [0.1, 0.15) is 19.5 Å². The Kier molecular flexibility index (Phi) is 4.99. The van der Waals surface area contributed by atoms with Crippen molar-refractivity contribution in [1.29, 1.82) is 0 Å². The molecule has 0 aliphatic carbocycles. The third kappa shape index (κ3) is 4.09. The minimum Gasteiger partial charge on any atom is -0.324 e. The fourth-order valence-electron chi connectivity index (χ4n) is 1.12. The van der Waals surface area contributed by atoms with Crippen molar-refractivity contribution in [2.24, 2.45) is 0 Å². The predicted molar refractivity (Wildman–Crippen MR) is 68.1 cm³/mol. The summed E-state index contributed by atoms with van der Waals surface area (Å²) in [7, 11) is 0. The molecule has 0 radical (unpaired) electrons. The number of nitrogens with one attached hydrogen (secondary N) is 1. The van der Waals surface area contributed by atoms with Crippen molar-refractivity contribution in [2.45, 2.75) is 20.8 Å². The maximum absolute atomic E-state index is 4.27. The number of hydrogen-bond acceptors (Lipinski definition) is 3. The molecule has 3 nitrogen and oxygen atoms in total. The highest BCUT2D eigenvalue weighted by molar-refractivity contribution is 5.40. The van der Waals surface area contributed by atoms with Gasteiger partial charge >= 0.3 is 0 Å². The third-order valence-electron chi connectivity index (χ3n) is 1.94. The van der Waals surface area contributed by atoms with Gasteiger partial charge in [-0.05, 0) is 32.9 Å². The van der Waals surface area contributed by atoms with Gasteiger partial charge in [-0.2, -0.15) is 0 Å². The lowest BCUT2D eigenvalue weighted by molar-refractivity contribution is 1.09. The van der Waals surface area contributed by atoms with Gasteiger partial charge in [0, 0.05) is 17.6 Å². The van der Waals surface area contributed by atoms with Crippen LogP contribution in [0.5, 0.6) is 0 Å². The van der Waals surface area contributed by atoms with Crippen molar-refractivity contribution in [1.82, 2.24) is 9.97 Å². The van der Waals surface area contributed by atoms with Crippen molar-refractivity contribution in [3.8, 4) is 0 Å². The van der Waals surface area contributed by atoms with Crippen molar-refractivity contribution in [3.05, 3.63) is 54.0 Å². The third-order valence-corrected chi connectivity index (χ3v) is 1.94. The fourth-order valence-corrected chi connectivity index (χ4v) is 1.12. The van der Waals surface area contributed by atoms with E-state index in [-0.39, 0.29) is 0 Å². The smallest absolute Gasteiger partial charge is 0.227 e. The van der Waals surface area contributed by atoms with Gasteiger partial charge in [-0.1, -0.05) is 24.3 Å². The van der Waals surface area contributed by atoms with Crippen molar-refractivity contribution < 1.29 is 0 Å². The molecule has 0 saturated heterocycles. The molecule has 84 valence electrons. The normalized spacial score (nSPS) is 12.6. The Labute approximate surface area is 96.6 Å². The van der Waals surface area contributed by atoms with Gasteiger partial charge in [0.25, 0.3) is 0 Å². The van der Waals surface area contributed by atoms with Gasteiger partial charge in [-0.25, -0.2) is 9.97 Å². The van der Waals surface area contributed by atoms with Crippen LogP contribution in [0.2, 0.25) is 0 Å². The molecule has 0 aliphatic rings. The molecule has 0 aromatic carbocycles. The molecule has 0 atom stereocenters. The Hall–Kier alpha value is -1.90. The average molecular weight is 215 g/mol. The molecule has 0 amide bonds. The maximum Gasteiger partial charge on any atom is 0.227 e. The van der Waals surface area contributed by atoms with Crippen LogP contribution in [0.25, 0.3) is 0 Å². The number of anilines is 1. The maximum atomic E-state index is 4.27. The molecule has 0 aliphatic heterocycles. The summed E-state index contributed by atoms with van der Waals surface area (Å²) in [6.07, 6.45) is 11.6. The van der Waals surface area contributed by atoms with Gasteiger partial charge in [-0.3, -0.25) is 0 Å². The lowest BCUT2D eigenvalue weighted by Gasteiger charge is -2.04. The second-order valence-electron chi connectivity index (χ2n) is 3.28. The number of nitrogens with zero attached hydrogens (tertiary/aromatic N) is 2. The Morgan fingerprint density at radius 1 is 1.31 bits per heavy atom. The van der Waals surface area contributed by atoms with Crippen LogP contribution in [0.4, 0.5) is 5.95 Å². The van der Waals surface area contributed by atoms with Crippen LogP contribution >= 0.6 is 0 Å². The molecule has 0 fully saturated rings. The summed E-state index contributed by atoms with van der Waals surface area (Å²) in [6.45, 7) is 5.90. The summed E-state index contributed by atoms with van der Waals surface area (Å²) < 4.78 is 0. The van der Waals surface area contributed by atoms with Crippen molar-refractivity contribution in [2.75, 3.05) is 5.32 Å². The van der Waals surface area contributed by atoms with E-state index in [1.165, 1.54) is 0 Å². The number of aryl methyl sites for hydroxylation is 1. The van der Waals surface area contributed by atoms with E-state index in [2.05, 4.69) is 15.3 Å². The Balaban J connectivity index is 2.71. The minimum atomic E-state index is 0.623. The molecule has 0 unspecified atom stereocenters. The Morgan fingerprint density at radius 3 is 2.75 bits per heavy atom. The monoisotopic (exact) mass is 215 g/mol. The molecule has 0 bridgehead atoms. The molecular weight excluding hydrogens is 198 g/mol. The van der Waals surface area contributed by atoms with E-state index in [4.69, 9.17) is 0 Å². The van der Waals surface area contributed by atoms with Gasteiger partial charge in [0.2, 0.25) is 5.95 Å². The highest BCUT2D eigenvalue weighted by Gasteiger charge is 1.96. The SMILES string of the molecule is C\C=C/C=C\C(=C/C)Nc1nccc(C)n1. The minimum absolute atomic E-state index is 0.623. The first-order valence-corrected chi connectivity index (χ1v) is 5.28. The molecular formula is C13H17N3. The van der Waals surface area contributed by atoms with E-state index in [0.717, 1.165) is 11.4 Å². The molecule has 1 aromatic heterocycles. The van der Waals surface area contributed by atoms with Crippen LogP contribution in [0.15, 0.2) is 48.3 Å². The molecule has 1 N–H and O–H groups in total. The molecule has 0 spiro atoms. The van der Waals surface area contributed by atoms with Gasteiger partial charge in [-0.15, -0.1) is 0 Å². The number of allylic oxidation sites excluding steroid dienone is 5. The second-order valence-corrected chi connectivity index (χ2v) is 3.28. The summed E-state index contributed by atoms with van der Waals surface area (Å²) in [5.41, 5.74) is 1.93. The summed E-state index contributed by atoms with van der Waals surface area (Å²) in [5, 5.41) is 3.15. The standard InChI is InChI=1S/C13H17N3/c1-4-6-7-8-12(5-2)16-13-14-10-9-11(3)15-13/h4-10H,1-3H3,(H,14,15,16)/b6-4-,8-7-,12-5+. The van der Waals surface area contributed by atoms with E-state index in [9.17, 15) is 0 Å². The number of aromatic nitrogens is 2. The van der Waals surface area contributed by atoms with Gasteiger partial charge in [0.05, 0.1) is 0 Å². The molecule has 0 saturated carbocycles. The molecule has 1 heterocycles. The molecule has 1 rings (SSSR count). The highest BCUT2D eigenvalue weighted by Crippen LogP contribution is 2.04. The van der Waals surface area contributed by atoms with Gasteiger partial charge < -0.3 is 5.32 Å². The van der Waals surface area contributed by atoms with E-state index in [1.807, 2.05) is 57.2 Å². The first kappa shape index (κ1) is 12.2. The van der Waals surface area contributed by atoms with Crippen LogP contribution in [0, 0.1) is 6.92 Å². The lowest BCUT2D eigenvalue weighted by Crippen LogP contribution is -2.01. The van der Waals surface area contributed by atoms with Crippen LogP contribution in [-0.2, 0) is 0 Å². The first-order chi connectivity index (χ1) is 7.76. The lowest BCUT2D eigenvalue weighted by atomic mass is 10.3. The van der Waals surface area contributed by atoms with E-state index < -0.39 is 0 Å². The van der Waals surface area contributed by atoms with Crippen molar-refractivity contribution >= 4 is 5.95 Å². The molecule has 3 heteroatoms. The summed E-state index contributed by atoms with van der Waals surface area (Å²) >= 11 is 0. The zero-order valence-corrected chi connectivity index (χ0v) is 9.94. The van der Waals surface area contributed by atoms with Crippen LogP contribution in [-0.4, -0.2) is 9.97 Å². The van der Waals surface area contributed by atoms with E-state index in [0.29, 0.717) is 5.95 Å². The average Bonchev–Trinajstić information content (AvgIpc) is 2.28. The quantitative estimate of drug-likeness (QED) is 0.783. The summed E-state index contributed by atoms with van der Waals surface area (Å²) in [5.74, 6) is 0.623. The van der Waals surface area contributed by atoms with Crippen LogP contribution in [0.3, 0.4) is 0 Å². The summed E-state index contributed by atoms with van der Waals surface area (Å²) in [6, 6.07) is 1.87. The van der Waals surface area contributed by atoms with Crippen molar-refractivity contribution in [3.63, 3.8) is 0 Å². The number of hydrogen-bond donors (Lipinski definition) is 1. The van der Waals surface area contributed by atoms with Crippen LogP contribution < -0.4 is 5.32 Å². The fraction of sp³-hybridized carbons (Fsp3) is 0.231. The summed E-state index contributed by atoms with van der Waals surface area (Å²) in [4.78, 5) is 8.41. The van der Waals surface area contributed by atoms with Gasteiger partial charge in [0.1, 0.15) is 0 Å². The topological polar surface area (TPSA) is 37.8 Å². The Bertz CT molecular complexity index is 417. The predicted octanol–water partition coefficient (Wildman–Crippen LogP) is 3.23. The number of rotatable bonds is 4. The largest absolute Gasteiger partial charge is 0.324 e. The Morgan fingerprint density at radius 2 is 2.12 bits per heavy atom. The zero-order valence-electron chi connectivity index (χ0n) is 9.94. The molecule has 1 aromatic rings. The second kappa shape index (κ2) is 6.56. The zero-order chi connectivity index (χ0) is 11.8. The molecule has 16 heavy (non-hydrogen) atoms.